The molecule has 3 heterocycles. The number of para-hydroxylation sites is 1. The summed E-state index contributed by atoms with van der Waals surface area (Å²) in [5.74, 6) is 1.16. The third kappa shape index (κ3) is 6.32. The number of ether oxygens (including phenoxy) is 2. The summed E-state index contributed by atoms with van der Waals surface area (Å²) in [5.41, 5.74) is 2.95. The van der Waals surface area contributed by atoms with Crippen LogP contribution in [0.5, 0.6) is 11.5 Å². The molecule has 0 spiro atoms. The summed E-state index contributed by atoms with van der Waals surface area (Å²) in [6, 6.07) is 19.1. The summed E-state index contributed by atoms with van der Waals surface area (Å²) in [6.07, 6.45) is 2.50. The molecule has 0 bridgehead atoms. The lowest BCUT2D eigenvalue weighted by Crippen LogP contribution is -2.30. The van der Waals surface area contributed by atoms with Crippen LogP contribution in [0.2, 0.25) is 0 Å². The van der Waals surface area contributed by atoms with E-state index in [1.54, 1.807) is 41.9 Å². The first-order valence-electron chi connectivity index (χ1n) is 14.9. The Morgan fingerprint density at radius 3 is 2.41 bits per heavy atom. The van der Waals surface area contributed by atoms with Crippen molar-refractivity contribution in [2.45, 2.75) is 35.9 Å². The summed E-state index contributed by atoms with van der Waals surface area (Å²) in [4.78, 5) is 28.4. The van der Waals surface area contributed by atoms with E-state index < -0.39 is 15.9 Å². The van der Waals surface area contributed by atoms with E-state index in [2.05, 4.69) is 15.5 Å². The highest BCUT2D eigenvalue weighted by molar-refractivity contribution is 7.99. The van der Waals surface area contributed by atoms with Crippen molar-refractivity contribution in [2.24, 2.45) is 0 Å². The number of hydrogen-bond acceptors (Lipinski definition) is 9. The minimum atomic E-state index is -3.59. The van der Waals surface area contributed by atoms with Crippen molar-refractivity contribution in [3.8, 4) is 17.2 Å². The van der Waals surface area contributed by atoms with E-state index in [0.29, 0.717) is 53.4 Å². The predicted molar refractivity (Wildman–Crippen MR) is 173 cm³/mol. The summed E-state index contributed by atoms with van der Waals surface area (Å²) in [6.45, 7) is 1.62. The molecule has 14 heteroatoms. The lowest BCUT2D eigenvalue weighted by Gasteiger charge is -2.18. The molecule has 0 radical (unpaired) electrons. The second kappa shape index (κ2) is 13.5. The van der Waals surface area contributed by atoms with Crippen LogP contribution in [0.4, 0.5) is 5.69 Å². The zero-order chi connectivity index (χ0) is 32.3. The number of fused-ring (bicyclic) bond motifs is 1. The van der Waals surface area contributed by atoms with Crippen molar-refractivity contribution in [2.75, 3.05) is 44.5 Å². The van der Waals surface area contributed by atoms with Crippen LogP contribution >= 0.6 is 11.8 Å². The number of carbonyl (C=O) groups is 2. The van der Waals surface area contributed by atoms with Crippen LogP contribution in [0.3, 0.4) is 0 Å². The number of rotatable bonds is 11. The second-order valence-electron chi connectivity index (χ2n) is 10.8. The highest BCUT2D eigenvalue weighted by Gasteiger charge is 2.28. The van der Waals surface area contributed by atoms with Crippen molar-refractivity contribution in [3.05, 3.63) is 83.7 Å². The molecule has 1 saturated heterocycles. The number of nitrogens with one attached hydrogen (secondary N) is 1. The summed E-state index contributed by atoms with van der Waals surface area (Å²) in [5, 5.41) is 12.0. The van der Waals surface area contributed by atoms with Crippen LogP contribution in [-0.2, 0) is 27.8 Å². The summed E-state index contributed by atoms with van der Waals surface area (Å²) in [7, 11) is -0.480. The van der Waals surface area contributed by atoms with Crippen LogP contribution in [0, 0.1) is 0 Å². The molecule has 2 aliphatic heterocycles. The quantitative estimate of drug-likeness (QED) is 0.239. The normalized spacial score (nSPS) is 14.7. The molecule has 1 N–H and O–H groups in total. The summed E-state index contributed by atoms with van der Waals surface area (Å²) < 4.78 is 40.1. The van der Waals surface area contributed by atoms with Gasteiger partial charge in [0.25, 0.3) is 5.91 Å². The van der Waals surface area contributed by atoms with Crippen molar-refractivity contribution >= 4 is 39.3 Å². The summed E-state index contributed by atoms with van der Waals surface area (Å²) >= 11 is 1.24. The predicted octanol–water partition coefficient (Wildman–Crippen LogP) is 3.68. The van der Waals surface area contributed by atoms with Crippen molar-refractivity contribution < 1.29 is 27.5 Å². The number of hydrogen-bond donors (Lipinski definition) is 1. The second-order valence-corrected chi connectivity index (χ2v) is 13.7. The minimum absolute atomic E-state index is 0.00592. The molecule has 0 aliphatic carbocycles. The van der Waals surface area contributed by atoms with Gasteiger partial charge in [-0.15, -0.1) is 10.2 Å². The monoisotopic (exact) mass is 662 g/mol. The first-order valence-corrected chi connectivity index (χ1v) is 17.3. The van der Waals surface area contributed by atoms with Crippen LogP contribution in [-0.4, -0.2) is 78.9 Å². The van der Waals surface area contributed by atoms with Gasteiger partial charge >= 0.3 is 0 Å². The molecule has 1 aromatic heterocycles. The van der Waals surface area contributed by atoms with E-state index in [4.69, 9.17) is 9.47 Å². The Hall–Kier alpha value is -4.40. The molecule has 12 nitrogen and oxygen atoms in total. The number of methoxy groups -OCH3 is 2. The number of benzene rings is 3. The van der Waals surface area contributed by atoms with Gasteiger partial charge < -0.3 is 19.7 Å². The van der Waals surface area contributed by atoms with Crippen LogP contribution < -0.4 is 19.7 Å². The molecule has 46 heavy (non-hydrogen) atoms. The van der Waals surface area contributed by atoms with Gasteiger partial charge in [0.2, 0.25) is 15.9 Å². The lowest BCUT2D eigenvalue weighted by atomic mass is 10.2. The number of thioether (sulfide) groups is 1. The highest BCUT2D eigenvalue weighted by Crippen LogP contribution is 2.33. The largest absolute Gasteiger partial charge is 0.497 e. The van der Waals surface area contributed by atoms with Crippen molar-refractivity contribution in [1.82, 2.24) is 24.4 Å². The van der Waals surface area contributed by atoms with E-state index in [1.165, 1.54) is 40.3 Å². The SMILES string of the molecule is COc1ccc(OC)c(-n2c(CNC(=O)c3ccc(S(=O)(=O)N4CCCC4)cc3)nnc2SCC(=O)N2CCc3ccccc32)c1. The Morgan fingerprint density at radius 2 is 1.67 bits per heavy atom. The van der Waals surface area contributed by atoms with Crippen LogP contribution in [0.1, 0.15) is 34.6 Å². The van der Waals surface area contributed by atoms with Gasteiger partial charge in [-0.25, -0.2) is 8.42 Å². The molecule has 240 valence electrons. The molecular formula is C32H34N6O6S2. The Balaban J connectivity index is 1.22. The van der Waals surface area contributed by atoms with Crippen molar-refractivity contribution in [3.63, 3.8) is 0 Å². The first kappa shape index (κ1) is 31.6. The van der Waals surface area contributed by atoms with Crippen LogP contribution in [0.25, 0.3) is 5.69 Å². The molecule has 1 fully saturated rings. The van der Waals surface area contributed by atoms with Gasteiger partial charge in [-0.05, 0) is 67.3 Å². The lowest BCUT2D eigenvalue weighted by molar-refractivity contribution is -0.116. The number of carbonyl (C=O) groups excluding carboxylic acids is 2. The van der Waals surface area contributed by atoms with Gasteiger partial charge in [0.1, 0.15) is 11.5 Å². The maximum absolute atomic E-state index is 13.3. The number of amides is 2. The maximum Gasteiger partial charge on any atom is 0.251 e. The third-order valence-corrected chi connectivity index (χ3v) is 10.9. The van der Waals surface area contributed by atoms with Gasteiger partial charge in [0.15, 0.2) is 11.0 Å². The molecule has 0 atom stereocenters. The molecule has 3 aromatic carbocycles. The fourth-order valence-corrected chi connectivity index (χ4v) is 8.00. The zero-order valence-electron chi connectivity index (χ0n) is 25.5. The Kier molecular flexibility index (Phi) is 9.29. The molecule has 0 unspecified atom stereocenters. The number of anilines is 1. The van der Waals surface area contributed by atoms with E-state index in [-0.39, 0.29) is 23.1 Å². The molecule has 6 rings (SSSR count). The van der Waals surface area contributed by atoms with Gasteiger partial charge in [0, 0.05) is 37.0 Å². The van der Waals surface area contributed by atoms with Gasteiger partial charge in [-0.1, -0.05) is 30.0 Å². The Labute approximate surface area is 271 Å². The van der Waals surface area contributed by atoms with Gasteiger partial charge in [-0.3, -0.25) is 14.2 Å². The van der Waals surface area contributed by atoms with Gasteiger partial charge in [0.05, 0.1) is 37.1 Å². The average molecular weight is 663 g/mol. The highest BCUT2D eigenvalue weighted by atomic mass is 32.2. The van der Waals surface area contributed by atoms with E-state index in [0.717, 1.165) is 30.5 Å². The standard InChI is InChI=1S/C32H34N6O6S2/c1-43-24-11-14-28(44-2)27(19-24)38-29(34-35-32(38)45-21-30(39)37-18-15-22-7-3-4-8-26(22)37)20-33-31(40)23-9-12-25(13-10-23)46(41,42)36-16-5-6-17-36/h3-4,7-14,19H,5-6,15-18,20-21H2,1-2H3,(H,33,40). The zero-order valence-corrected chi connectivity index (χ0v) is 27.1. The fourth-order valence-electron chi connectivity index (χ4n) is 5.64. The smallest absolute Gasteiger partial charge is 0.251 e. The van der Waals surface area contributed by atoms with E-state index >= 15 is 0 Å². The first-order chi connectivity index (χ1) is 22.3. The molecule has 2 amide bonds. The maximum atomic E-state index is 13.3. The third-order valence-electron chi connectivity index (χ3n) is 8.07. The van der Waals surface area contributed by atoms with Crippen molar-refractivity contribution in [1.29, 1.82) is 0 Å². The average Bonchev–Trinajstić information content (AvgIpc) is 3.86. The van der Waals surface area contributed by atoms with Crippen LogP contribution in [0.15, 0.2) is 76.8 Å². The van der Waals surface area contributed by atoms with E-state index in [9.17, 15) is 18.0 Å². The fraction of sp³-hybridized carbons (Fsp3) is 0.312. The minimum Gasteiger partial charge on any atom is -0.497 e. The van der Waals surface area contributed by atoms with E-state index in [1.807, 2.05) is 24.3 Å². The Bertz CT molecular complexity index is 1860. The number of nitrogens with zero attached hydrogens (tertiary/aromatic N) is 5. The topological polar surface area (TPSA) is 136 Å². The molecular weight excluding hydrogens is 629 g/mol. The molecule has 4 aromatic rings. The Morgan fingerprint density at radius 1 is 0.913 bits per heavy atom. The molecule has 0 saturated carbocycles. The van der Waals surface area contributed by atoms with Gasteiger partial charge in [-0.2, -0.15) is 4.31 Å². The number of aromatic nitrogens is 3. The molecule has 2 aliphatic rings. The number of sulfonamides is 1.